The molecule has 2 aliphatic rings. The number of hydrogen-bond donors (Lipinski definition) is 1. The fraction of sp³-hybridized carbons (Fsp3) is 1.00. The number of nitrogens with zero attached hydrogens (tertiary/aromatic N) is 1. The summed E-state index contributed by atoms with van der Waals surface area (Å²) in [6.07, 6.45) is 2.60. The summed E-state index contributed by atoms with van der Waals surface area (Å²) in [4.78, 5) is 2.59. The summed E-state index contributed by atoms with van der Waals surface area (Å²) < 4.78 is 6.11. The molecule has 3 heteroatoms. The van der Waals surface area contributed by atoms with Crippen molar-refractivity contribution in [1.29, 1.82) is 0 Å². The van der Waals surface area contributed by atoms with Gasteiger partial charge in [0.15, 0.2) is 0 Å². The van der Waals surface area contributed by atoms with Crippen molar-refractivity contribution in [3.05, 3.63) is 0 Å². The maximum absolute atomic E-state index is 6.11. The molecule has 1 N–H and O–H groups in total. The Balaban J connectivity index is 1.96. The first kappa shape index (κ1) is 13.3. The maximum Gasteiger partial charge on any atom is 0.120 e. The number of ether oxygens (including phenoxy) is 1. The van der Waals surface area contributed by atoms with E-state index in [-0.39, 0.29) is 5.72 Å². The fourth-order valence-electron chi connectivity index (χ4n) is 2.99. The Labute approximate surface area is 106 Å². The van der Waals surface area contributed by atoms with Crippen LogP contribution in [-0.4, -0.2) is 42.9 Å². The van der Waals surface area contributed by atoms with Gasteiger partial charge in [0.25, 0.3) is 0 Å². The van der Waals surface area contributed by atoms with E-state index in [9.17, 15) is 0 Å². The largest absolute Gasteiger partial charge is 0.360 e. The number of nitrogens with one attached hydrogen (secondary N) is 1. The van der Waals surface area contributed by atoms with Crippen molar-refractivity contribution in [2.75, 3.05) is 26.2 Å². The standard InChI is InChI=1S/C14H28N2O/c1-11(2)16-7-5-6-13(9-16)14(4)15-8-12(3)10-17-14/h11-13,15H,5-10H2,1-4H3. The van der Waals surface area contributed by atoms with Crippen molar-refractivity contribution in [2.24, 2.45) is 11.8 Å². The number of rotatable bonds is 2. The summed E-state index contributed by atoms with van der Waals surface area (Å²) in [6, 6.07) is 0.656. The lowest BCUT2D eigenvalue weighted by Crippen LogP contribution is -2.60. The van der Waals surface area contributed by atoms with E-state index in [2.05, 4.69) is 37.9 Å². The van der Waals surface area contributed by atoms with E-state index in [4.69, 9.17) is 4.74 Å². The Morgan fingerprint density at radius 1 is 1.41 bits per heavy atom. The van der Waals surface area contributed by atoms with Crippen molar-refractivity contribution in [2.45, 2.75) is 52.3 Å². The van der Waals surface area contributed by atoms with Crippen LogP contribution in [0.5, 0.6) is 0 Å². The highest BCUT2D eigenvalue weighted by Gasteiger charge is 2.40. The van der Waals surface area contributed by atoms with Crippen LogP contribution in [0.4, 0.5) is 0 Å². The van der Waals surface area contributed by atoms with Gasteiger partial charge in [-0.1, -0.05) is 6.92 Å². The van der Waals surface area contributed by atoms with Gasteiger partial charge >= 0.3 is 0 Å². The Bertz CT molecular complexity index is 247. The van der Waals surface area contributed by atoms with E-state index in [1.54, 1.807) is 0 Å². The normalized spacial score (nSPS) is 40.8. The van der Waals surface area contributed by atoms with Crippen LogP contribution in [0.3, 0.4) is 0 Å². The van der Waals surface area contributed by atoms with Crippen LogP contribution in [0.2, 0.25) is 0 Å². The van der Waals surface area contributed by atoms with Gasteiger partial charge in [0.2, 0.25) is 0 Å². The highest BCUT2D eigenvalue weighted by Crippen LogP contribution is 2.31. The molecule has 0 saturated carbocycles. The molecular formula is C14H28N2O. The zero-order valence-corrected chi connectivity index (χ0v) is 11.8. The highest BCUT2D eigenvalue weighted by molar-refractivity contribution is 4.90. The minimum absolute atomic E-state index is 0.0972. The predicted molar refractivity (Wildman–Crippen MR) is 71.0 cm³/mol. The van der Waals surface area contributed by atoms with E-state index in [0.717, 1.165) is 13.2 Å². The molecule has 2 saturated heterocycles. The quantitative estimate of drug-likeness (QED) is 0.800. The zero-order valence-electron chi connectivity index (χ0n) is 11.8. The first-order chi connectivity index (χ1) is 8.01. The molecule has 100 valence electrons. The Hall–Kier alpha value is -0.120. The van der Waals surface area contributed by atoms with Crippen molar-refractivity contribution in [3.63, 3.8) is 0 Å². The van der Waals surface area contributed by atoms with Crippen LogP contribution in [0, 0.1) is 11.8 Å². The van der Waals surface area contributed by atoms with Crippen LogP contribution in [0.1, 0.15) is 40.5 Å². The third-order valence-electron chi connectivity index (χ3n) is 4.43. The van der Waals surface area contributed by atoms with Crippen LogP contribution in [0.25, 0.3) is 0 Å². The Morgan fingerprint density at radius 3 is 2.76 bits per heavy atom. The van der Waals surface area contributed by atoms with Crippen LogP contribution >= 0.6 is 0 Å². The lowest BCUT2D eigenvalue weighted by Gasteiger charge is -2.47. The molecule has 2 rings (SSSR count). The molecule has 3 atom stereocenters. The second kappa shape index (κ2) is 5.25. The third-order valence-corrected chi connectivity index (χ3v) is 4.43. The van der Waals surface area contributed by atoms with E-state index in [1.807, 2.05) is 0 Å². The topological polar surface area (TPSA) is 24.5 Å². The average molecular weight is 240 g/mol. The van der Waals surface area contributed by atoms with E-state index in [1.165, 1.54) is 25.9 Å². The molecule has 0 aromatic rings. The van der Waals surface area contributed by atoms with E-state index >= 15 is 0 Å². The maximum atomic E-state index is 6.11. The van der Waals surface area contributed by atoms with Crippen molar-refractivity contribution >= 4 is 0 Å². The molecule has 0 spiro atoms. The van der Waals surface area contributed by atoms with Gasteiger partial charge in [-0.2, -0.15) is 0 Å². The van der Waals surface area contributed by atoms with Gasteiger partial charge in [-0.05, 0) is 46.1 Å². The van der Waals surface area contributed by atoms with Gasteiger partial charge in [0.1, 0.15) is 5.72 Å². The summed E-state index contributed by atoms with van der Waals surface area (Å²) >= 11 is 0. The molecule has 2 aliphatic heterocycles. The molecule has 0 radical (unpaired) electrons. The summed E-state index contributed by atoms with van der Waals surface area (Å²) in [7, 11) is 0. The van der Waals surface area contributed by atoms with Crippen LogP contribution < -0.4 is 5.32 Å². The third kappa shape index (κ3) is 3.01. The van der Waals surface area contributed by atoms with Gasteiger partial charge in [-0.3, -0.25) is 5.32 Å². The highest BCUT2D eigenvalue weighted by atomic mass is 16.5. The molecule has 3 unspecified atom stereocenters. The number of likely N-dealkylation sites (tertiary alicyclic amines) is 1. The monoisotopic (exact) mass is 240 g/mol. The van der Waals surface area contributed by atoms with Crippen molar-refractivity contribution in [1.82, 2.24) is 10.2 Å². The summed E-state index contributed by atoms with van der Waals surface area (Å²) in [5.41, 5.74) is -0.0972. The van der Waals surface area contributed by atoms with Crippen molar-refractivity contribution < 1.29 is 4.74 Å². The first-order valence-corrected chi connectivity index (χ1v) is 7.14. The minimum Gasteiger partial charge on any atom is -0.360 e. The predicted octanol–water partition coefficient (Wildman–Crippen LogP) is 2.08. The average Bonchev–Trinajstić information content (AvgIpc) is 2.33. The number of piperidine rings is 1. The molecule has 0 bridgehead atoms. The SMILES string of the molecule is CC1CNC(C)(C2CCCN(C(C)C)C2)OC1. The van der Waals surface area contributed by atoms with Crippen molar-refractivity contribution in [3.8, 4) is 0 Å². The lowest BCUT2D eigenvalue weighted by atomic mass is 9.86. The van der Waals surface area contributed by atoms with Gasteiger partial charge in [-0.25, -0.2) is 0 Å². The molecular weight excluding hydrogens is 212 g/mol. The lowest BCUT2D eigenvalue weighted by molar-refractivity contribution is -0.149. The second-order valence-electron chi connectivity index (χ2n) is 6.33. The summed E-state index contributed by atoms with van der Waals surface area (Å²) in [5, 5.41) is 3.63. The Kier molecular flexibility index (Phi) is 4.11. The molecule has 0 aromatic heterocycles. The van der Waals surface area contributed by atoms with E-state index < -0.39 is 0 Å². The molecule has 0 amide bonds. The van der Waals surface area contributed by atoms with Gasteiger partial charge in [0, 0.05) is 25.0 Å². The van der Waals surface area contributed by atoms with Crippen LogP contribution in [-0.2, 0) is 4.74 Å². The molecule has 3 nitrogen and oxygen atoms in total. The number of hydrogen-bond acceptors (Lipinski definition) is 3. The molecule has 0 aliphatic carbocycles. The minimum atomic E-state index is -0.0972. The molecule has 0 aromatic carbocycles. The zero-order chi connectivity index (χ0) is 12.5. The van der Waals surface area contributed by atoms with Gasteiger partial charge in [-0.15, -0.1) is 0 Å². The Morgan fingerprint density at radius 2 is 2.18 bits per heavy atom. The summed E-state index contributed by atoms with van der Waals surface area (Å²) in [5.74, 6) is 1.28. The second-order valence-corrected chi connectivity index (χ2v) is 6.33. The van der Waals surface area contributed by atoms with Crippen LogP contribution in [0.15, 0.2) is 0 Å². The van der Waals surface area contributed by atoms with E-state index in [0.29, 0.717) is 17.9 Å². The molecule has 17 heavy (non-hydrogen) atoms. The smallest absolute Gasteiger partial charge is 0.120 e. The summed E-state index contributed by atoms with van der Waals surface area (Å²) in [6.45, 7) is 13.5. The fourth-order valence-corrected chi connectivity index (χ4v) is 2.99. The first-order valence-electron chi connectivity index (χ1n) is 7.14. The molecule has 2 heterocycles. The van der Waals surface area contributed by atoms with Gasteiger partial charge < -0.3 is 9.64 Å². The van der Waals surface area contributed by atoms with Gasteiger partial charge in [0.05, 0.1) is 6.61 Å². The molecule has 2 fully saturated rings.